The summed E-state index contributed by atoms with van der Waals surface area (Å²) in [6.07, 6.45) is 7.37. The van der Waals surface area contributed by atoms with Gasteiger partial charge in [-0.15, -0.1) is 0 Å². The van der Waals surface area contributed by atoms with E-state index in [0.717, 1.165) is 5.69 Å². The van der Waals surface area contributed by atoms with Gasteiger partial charge in [-0.2, -0.15) is 0 Å². The van der Waals surface area contributed by atoms with Crippen molar-refractivity contribution in [2.75, 3.05) is 0 Å². The average molecular weight is 229 g/mol. The Labute approximate surface area is 102 Å². The first-order chi connectivity index (χ1) is 8.29. The van der Waals surface area contributed by atoms with Crippen molar-refractivity contribution in [3.8, 4) is 0 Å². The van der Waals surface area contributed by atoms with Crippen LogP contribution in [0.15, 0.2) is 18.3 Å². The average Bonchev–Trinajstić information content (AvgIpc) is 2.94. The minimum atomic E-state index is 0.527. The maximum atomic E-state index is 5.80. The van der Waals surface area contributed by atoms with Crippen molar-refractivity contribution in [1.29, 1.82) is 0 Å². The third-order valence-electron chi connectivity index (χ3n) is 3.82. The largest absolute Gasteiger partial charge is 0.325 e. The van der Waals surface area contributed by atoms with Crippen LogP contribution >= 0.6 is 0 Å². The molecule has 0 aliphatic heterocycles. The number of hydrogen-bond donors (Lipinski definition) is 1. The molecule has 3 nitrogen and oxygen atoms in total. The third kappa shape index (κ3) is 1.75. The van der Waals surface area contributed by atoms with Crippen molar-refractivity contribution in [3.05, 3.63) is 35.4 Å². The Morgan fingerprint density at radius 2 is 2.18 bits per heavy atom. The summed E-state index contributed by atoms with van der Waals surface area (Å²) in [6.45, 7) is 2.64. The zero-order chi connectivity index (χ0) is 11.8. The van der Waals surface area contributed by atoms with Crippen LogP contribution in [0.3, 0.4) is 0 Å². The number of aromatic nitrogens is 2. The van der Waals surface area contributed by atoms with Crippen molar-refractivity contribution < 1.29 is 0 Å². The third-order valence-corrected chi connectivity index (χ3v) is 3.82. The topological polar surface area (TPSA) is 43.3 Å². The molecule has 3 rings (SSSR count). The molecule has 0 spiro atoms. The summed E-state index contributed by atoms with van der Waals surface area (Å²) in [5.74, 6) is 1.85. The molecule has 0 atom stereocenters. The van der Waals surface area contributed by atoms with Gasteiger partial charge in [-0.1, -0.05) is 12.8 Å². The molecule has 2 N–H and O–H groups in total. The minimum absolute atomic E-state index is 0.527. The summed E-state index contributed by atoms with van der Waals surface area (Å²) in [4.78, 5) is 4.77. The Balaban J connectivity index is 2.17. The van der Waals surface area contributed by atoms with Crippen molar-refractivity contribution in [2.45, 2.75) is 45.1 Å². The molecular formula is C14H19N3. The maximum absolute atomic E-state index is 5.80. The fourth-order valence-electron chi connectivity index (χ4n) is 2.90. The first kappa shape index (κ1) is 10.8. The molecule has 0 radical (unpaired) electrons. The number of nitrogens with two attached hydrogens (primary N) is 1. The van der Waals surface area contributed by atoms with Gasteiger partial charge in [0, 0.05) is 18.7 Å². The summed E-state index contributed by atoms with van der Waals surface area (Å²) >= 11 is 0. The maximum Gasteiger partial charge on any atom is 0.116 e. The Morgan fingerprint density at radius 3 is 2.88 bits per heavy atom. The normalized spacial score (nSPS) is 17.1. The molecule has 90 valence electrons. The Morgan fingerprint density at radius 1 is 1.41 bits per heavy atom. The van der Waals surface area contributed by atoms with Crippen LogP contribution in [-0.2, 0) is 6.54 Å². The molecular weight excluding hydrogens is 210 g/mol. The van der Waals surface area contributed by atoms with Crippen LogP contribution in [0.2, 0.25) is 0 Å². The summed E-state index contributed by atoms with van der Waals surface area (Å²) in [5.41, 5.74) is 9.30. The van der Waals surface area contributed by atoms with E-state index in [1.807, 2.05) is 0 Å². The van der Waals surface area contributed by atoms with Crippen molar-refractivity contribution in [3.63, 3.8) is 0 Å². The second-order valence-corrected chi connectivity index (χ2v) is 5.06. The lowest BCUT2D eigenvalue weighted by atomic mass is 10.1. The molecule has 0 aromatic carbocycles. The van der Waals surface area contributed by atoms with Gasteiger partial charge in [0.15, 0.2) is 0 Å². The molecule has 2 aromatic heterocycles. The highest BCUT2D eigenvalue weighted by molar-refractivity contribution is 5.55. The second-order valence-electron chi connectivity index (χ2n) is 5.06. The molecule has 3 heteroatoms. The Bertz CT molecular complexity index is 536. The Hall–Kier alpha value is -1.35. The van der Waals surface area contributed by atoms with Crippen LogP contribution in [-0.4, -0.2) is 9.38 Å². The van der Waals surface area contributed by atoms with Crippen LogP contribution in [0.5, 0.6) is 0 Å². The molecule has 0 bridgehead atoms. The number of fused-ring (bicyclic) bond motifs is 1. The van der Waals surface area contributed by atoms with Crippen LogP contribution in [0.4, 0.5) is 0 Å². The Kier molecular flexibility index (Phi) is 2.63. The number of pyridine rings is 1. The van der Waals surface area contributed by atoms with Crippen molar-refractivity contribution >= 4 is 5.52 Å². The van der Waals surface area contributed by atoms with E-state index in [1.165, 1.54) is 42.6 Å². The summed E-state index contributed by atoms with van der Waals surface area (Å²) in [7, 11) is 0. The number of rotatable bonds is 2. The van der Waals surface area contributed by atoms with E-state index in [0.29, 0.717) is 12.5 Å². The van der Waals surface area contributed by atoms with Crippen molar-refractivity contribution in [1.82, 2.24) is 9.38 Å². The lowest BCUT2D eigenvalue weighted by Gasteiger charge is -2.07. The molecule has 2 aromatic rings. The van der Waals surface area contributed by atoms with Gasteiger partial charge in [-0.05, 0) is 37.5 Å². The molecule has 1 fully saturated rings. The zero-order valence-corrected chi connectivity index (χ0v) is 10.3. The fraction of sp³-hybridized carbons (Fsp3) is 0.500. The molecule has 0 amide bonds. The van der Waals surface area contributed by atoms with Gasteiger partial charge >= 0.3 is 0 Å². The smallest absolute Gasteiger partial charge is 0.116 e. The minimum Gasteiger partial charge on any atom is -0.325 e. The molecule has 0 unspecified atom stereocenters. The summed E-state index contributed by atoms with van der Waals surface area (Å²) in [5, 5.41) is 0. The van der Waals surface area contributed by atoms with E-state index in [9.17, 15) is 0 Å². The van der Waals surface area contributed by atoms with Gasteiger partial charge in [0.1, 0.15) is 5.82 Å². The summed E-state index contributed by atoms with van der Waals surface area (Å²) in [6, 6.07) is 4.33. The van der Waals surface area contributed by atoms with E-state index >= 15 is 0 Å². The highest BCUT2D eigenvalue weighted by atomic mass is 15.0. The van der Waals surface area contributed by atoms with Gasteiger partial charge in [-0.3, -0.25) is 0 Å². The first-order valence-electron chi connectivity index (χ1n) is 6.47. The van der Waals surface area contributed by atoms with Crippen LogP contribution in [0.25, 0.3) is 5.52 Å². The van der Waals surface area contributed by atoms with Crippen LogP contribution in [0, 0.1) is 6.92 Å². The van der Waals surface area contributed by atoms with E-state index < -0.39 is 0 Å². The quantitative estimate of drug-likeness (QED) is 0.860. The standard InChI is InChI=1S/C14H19N3/c1-10-6-7-17-13(8-10)12(9-15)16-14(17)11-4-2-3-5-11/h6-8,11H,2-5,9,15H2,1H3. The van der Waals surface area contributed by atoms with Gasteiger partial charge < -0.3 is 10.1 Å². The molecule has 2 heterocycles. The molecule has 17 heavy (non-hydrogen) atoms. The lowest BCUT2D eigenvalue weighted by molar-refractivity contribution is 0.662. The fourth-order valence-corrected chi connectivity index (χ4v) is 2.90. The predicted octanol–water partition coefficient (Wildman–Crippen LogP) is 2.76. The summed E-state index contributed by atoms with van der Waals surface area (Å²) < 4.78 is 2.24. The second kappa shape index (κ2) is 4.15. The van der Waals surface area contributed by atoms with Gasteiger partial charge in [-0.25, -0.2) is 4.98 Å². The van der Waals surface area contributed by atoms with Crippen LogP contribution in [0.1, 0.15) is 48.7 Å². The number of hydrogen-bond acceptors (Lipinski definition) is 2. The molecule has 1 aliphatic carbocycles. The first-order valence-corrected chi connectivity index (χ1v) is 6.47. The van der Waals surface area contributed by atoms with Gasteiger partial charge in [0.25, 0.3) is 0 Å². The molecule has 0 saturated heterocycles. The van der Waals surface area contributed by atoms with Gasteiger partial charge in [0.2, 0.25) is 0 Å². The van der Waals surface area contributed by atoms with E-state index in [4.69, 9.17) is 10.7 Å². The van der Waals surface area contributed by atoms with Gasteiger partial charge in [0.05, 0.1) is 11.2 Å². The predicted molar refractivity (Wildman–Crippen MR) is 69.0 cm³/mol. The zero-order valence-electron chi connectivity index (χ0n) is 10.3. The molecule has 1 aliphatic rings. The number of nitrogens with zero attached hydrogens (tertiary/aromatic N) is 2. The van der Waals surface area contributed by atoms with E-state index in [-0.39, 0.29) is 0 Å². The van der Waals surface area contributed by atoms with E-state index in [1.54, 1.807) is 0 Å². The lowest BCUT2D eigenvalue weighted by Crippen LogP contribution is -2.00. The highest BCUT2D eigenvalue weighted by Crippen LogP contribution is 2.34. The SMILES string of the molecule is Cc1ccn2c(C3CCCC3)nc(CN)c2c1. The van der Waals surface area contributed by atoms with Crippen LogP contribution < -0.4 is 5.73 Å². The van der Waals surface area contributed by atoms with Crippen molar-refractivity contribution in [2.24, 2.45) is 5.73 Å². The molecule has 1 saturated carbocycles. The monoisotopic (exact) mass is 229 g/mol. The number of imidazole rings is 1. The number of aryl methyl sites for hydroxylation is 1. The highest BCUT2D eigenvalue weighted by Gasteiger charge is 2.22. The van der Waals surface area contributed by atoms with E-state index in [2.05, 4.69) is 29.7 Å².